The Morgan fingerprint density at radius 2 is 1.97 bits per heavy atom. The number of rotatable bonds is 7. The number of ether oxygens (including phenoxy) is 1. The molecule has 3 N–H and O–H groups in total. The number of nitrogens with one attached hydrogen (secondary N) is 1. The number of halogens is 1. The maximum Gasteiger partial charge on any atom is 0.241 e. The molecule has 1 atom stereocenters. The van der Waals surface area contributed by atoms with Gasteiger partial charge in [0.25, 0.3) is 0 Å². The highest BCUT2D eigenvalue weighted by Crippen LogP contribution is 2.39. The van der Waals surface area contributed by atoms with Crippen LogP contribution in [-0.4, -0.2) is 31.3 Å². The lowest BCUT2D eigenvalue weighted by atomic mass is 9.97. The second-order valence-electron chi connectivity index (χ2n) is 7.88. The molecule has 5 rings (SSSR count). The van der Waals surface area contributed by atoms with Crippen LogP contribution in [0.25, 0.3) is 20.8 Å². The highest BCUT2D eigenvalue weighted by atomic mass is 32.1. The molecule has 4 heterocycles. The molecule has 1 aromatic carbocycles. The predicted molar refractivity (Wildman–Crippen MR) is 133 cm³/mol. The molecule has 4 aromatic heterocycles. The van der Waals surface area contributed by atoms with Crippen molar-refractivity contribution in [2.75, 3.05) is 5.32 Å². The summed E-state index contributed by atoms with van der Waals surface area (Å²) in [5.41, 5.74) is 7.57. The number of nitrogens with zero attached hydrogens (tertiary/aromatic N) is 4. The average molecular weight is 503 g/mol. The molecule has 1 unspecified atom stereocenters. The maximum atomic E-state index is 15.1. The van der Waals surface area contributed by atoms with E-state index in [1.165, 1.54) is 29.7 Å². The standard InChI is InChI=1S/C25H19FN6O3S/c1-32-13-29-12-18(32)21-10-17-23(36-21)20(6-8-30-17)35-19-5-4-14(9-16(19)26)22(24(27)33)25(34)31-15-3-2-7-28-11-15/h2-13,22H,1H3,(H2,27,33)(H,31,34). The molecule has 11 heteroatoms. The summed E-state index contributed by atoms with van der Waals surface area (Å²) in [6, 6.07) is 10.7. The number of aryl methyl sites for hydroxylation is 1. The van der Waals surface area contributed by atoms with E-state index in [4.69, 9.17) is 10.5 Å². The van der Waals surface area contributed by atoms with Crippen molar-refractivity contribution in [1.82, 2.24) is 19.5 Å². The Labute approximate surface area is 208 Å². The van der Waals surface area contributed by atoms with Crippen molar-refractivity contribution in [2.45, 2.75) is 5.92 Å². The molecule has 0 aliphatic rings. The molecule has 0 radical (unpaired) electrons. The smallest absolute Gasteiger partial charge is 0.241 e. The summed E-state index contributed by atoms with van der Waals surface area (Å²) < 4.78 is 23.6. The fraction of sp³-hybridized carbons (Fsp3) is 0.0800. The van der Waals surface area contributed by atoms with E-state index in [9.17, 15) is 9.59 Å². The normalized spacial score (nSPS) is 11.8. The Morgan fingerprint density at radius 1 is 1.11 bits per heavy atom. The SMILES string of the molecule is Cn1cncc1-c1cc2nccc(Oc3ccc(C(C(N)=O)C(=O)Nc4cccnc4)cc3F)c2s1. The van der Waals surface area contributed by atoms with Crippen molar-refractivity contribution in [3.63, 3.8) is 0 Å². The van der Waals surface area contributed by atoms with Crippen molar-refractivity contribution < 1.29 is 18.7 Å². The Morgan fingerprint density at radius 3 is 2.67 bits per heavy atom. The third kappa shape index (κ3) is 4.51. The Balaban J connectivity index is 1.42. The number of nitrogens with two attached hydrogens (primary N) is 1. The van der Waals surface area contributed by atoms with Crippen LogP contribution in [-0.2, 0) is 16.6 Å². The van der Waals surface area contributed by atoms with Gasteiger partial charge < -0.3 is 20.4 Å². The van der Waals surface area contributed by atoms with Gasteiger partial charge in [0.15, 0.2) is 11.6 Å². The first-order valence-corrected chi connectivity index (χ1v) is 11.5. The summed E-state index contributed by atoms with van der Waals surface area (Å²) in [6.45, 7) is 0. The number of fused-ring (bicyclic) bond motifs is 1. The van der Waals surface area contributed by atoms with E-state index >= 15 is 4.39 Å². The molecular formula is C25H19FN6O3S. The number of anilines is 1. The van der Waals surface area contributed by atoms with E-state index in [0.717, 1.165) is 21.3 Å². The van der Waals surface area contributed by atoms with Crippen LogP contribution in [0.3, 0.4) is 0 Å². The monoisotopic (exact) mass is 502 g/mol. The average Bonchev–Trinajstić information content (AvgIpc) is 3.47. The van der Waals surface area contributed by atoms with Crippen LogP contribution in [0.15, 0.2) is 73.6 Å². The largest absolute Gasteiger partial charge is 0.453 e. The minimum atomic E-state index is -1.40. The van der Waals surface area contributed by atoms with Gasteiger partial charge in [-0.2, -0.15) is 0 Å². The first-order valence-electron chi connectivity index (χ1n) is 10.7. The number of primary amides is 1. The lowest BCUT2D eigenvalue weighted by Gasteiger charge is -2.15. The zero-order valence-corrected chi connectivity index (χ0v) is 19.7. The van der Waals surface area contributed by atoms with E-state index in [1.807, 2.05) is 17.7 Å². The van der Waals surface area contributed by atoms with Gasteiger partial charge in [0.05, 0.1) is 45.2 Å². The first-order chi connectivity index (χ1) is 17.4. The van der Waals surface area contributed by atoms with E-state index in [1.54, 1.807) is 43.1 Å². The third-order valence-electron chi connectivity index (χ3n) is 5.43. The summed E-state index contributed by atoms with van der Waals surface area (Å²) in [5.74, 6) is -3.41. The number of amides is 2. The molecule has 0 bridgehead atoms. The second kappa shape index (κ2) is 9.55. The Bertz CT molecular complexity index is 1580. The zero-order chi connectivity index (χ0) is 25.2. The summed E-state index contributed by atoms with van der Waals surface area (Å²) in [4.78, 5) is 38.1. The molecule has 0 spiro atoms. The molecule has 0 fully saturated rings. The summed E-state index contributed by atoms with van der Waals surface area (Å²) in [6.07, 6.45) is 8.01. The number of hydrogen-bond acceptors (Lipinski definition) is 7. The number of aromatic nitrogens is 4. The molecule has 0 saturated carbocycles. The lowest BCUT2D eigenvalue weighted by Crippen LogP contribution is -2.32. The van der Waals surface area contributed by atoms with Crippen molar-refractivity contribution in [3.8, 4) is 22.1 Å². The van der Waals surface area contributed by atoms with Gasteiger partial charge in [-0.15, -0.1) is 11.3 Å². The Kier molecular flexibility index (Phi) is 6.13. The van der Waals surface area contributed by atoms with Gasteiger partial charge in [0.2, 0.25) is 11.8 Å². The topological polar surface area (TPSA) is 125 Å². The second-order valence-corrected chi connectivity index (χ2v) is 8.93. The third-order valence-corrected chi connectivity index (χ3v) is 6.59. The minimum Gasteiger partial charge on any atom is -0.453 e. The van der Waals surface area contributed by atoms with Gasteiger partial charge in [0, 0.05) is 25.5 Å². The van der Waals surface area contributed by atoms with Gasteiger partial charge in [0.1, 0.15) is 11.7 Å². The van der Waals surface area contributed by atoms with Gasteiger partial charge in [-0.25, -0.2) is 9.37 Å². The number of thiophene rings is 1. The molecular weight excluding hydrogens is 483 g/mol. The predicted octanol–water partition coefficient (Wildman–Crippen LogP) is 4.23. The summed E-state index contributed by atoms with van der Waals surface area (Å²) >= 11 is 1.45. The summed E-state index contributed by atoms with van der Waals surface area (Å²) in [7, 11) is 1.89. The molecule has 0 aliphatic carbocycles. The summed E-state index contributed by atoms with van der Waals surface area (Å²) in [5, 5.41) is 2.57. The van der Waals surface area contributed by atoms with Crippen LogP contribution in [0.4, 0.5) is 10.1 Å². The van der Waals surface area contributed by atoms with E-state index in [-0.39, 0.29) is 11.3 Å². The number of carbonyl (C=O) groups is 2. The van der Waals surface area contributed by atoms with Crippen LogP contribution in [0.1, 0.15) is 11.5 Å². The van der Waals surface area contributed by atoms with Crippen molar-refractivity contribution >= 4 is 39.1 Å². The van der Waals surface area contributed by atoms with Crippen LogP contribution in [0.5, 0.6) is 11.5 Å². The molecule has 9 nitrogen and oxygen atoms in total. The number of benzene rings is 1. The molecule has 0 saturated heterocycles. The van der Waals surface area contributed by atoms with Crippen molar-refractivity contribution in [2.24, 2.45) is 12.8 Å². The Hall–Kier alpha value is -4.64. The highest BCUT2D eigenvalue weighted by molar-refractivity contribution is 7.22. The first kappa shape index (κ1) is 23.1. The molecule has 0 aliphatic heterocycles. The number of carbonyl (C=O) groups excluding carboxylic acids is 2. The van der Waals surface area contributed by atoms with Crippen LogP contribution >= 0.6 is 11.3 Å². The number of hydrogen-bond donors (Lipinski definition) is 2. The van der Waals surface area contributed by atoms with Gasteiger partial charge in [-0.3, -0.25) is 19.6 Å². The fourth-order valence-electron chi connectivity index (χ4n) is 3.71. The lowest BCUT2D eigenvalue weighted by molar-refractivity contribution is -0.127. The molecule has 36 heavy (non-hydrogen) atoms. The number of pyridine rings is 2. The zero-order valence-electron chi connectivity index (χ0n) is 18.9. The van der Waals surface area contributed by atoms with Crippen molar-refractivity contribution in [1.29, 1.82) is 0 Å². The fourth-order valence-corrected chi connectivity index (χ4v) is 4.83. The van der Waals surface area contributed by atoms with Crippen LogP contribution < -0.4 is 15.8 Å². The molecule has 5 aromatic rings. The quantitative estimate of drug-likeness (QED) is 0.321. The van der Waals surface area contributed by atoms with Crippen LogP contribution in [0, 0.1) is 5.82 Å². The van der Waals surface area contributed by atoms with Crippen molar-refractivity contribution in [3.05, 3.63) is 85.0 Å². The van der Waals surface area contributed by atoms with Gasteiger partial charge in [-0.05, 0) is 35.9 Å². The minimum absolute atomic E-state index is 0.0716. The van der Waals surface area contributed by atoms with Crippen LogP contribution in [0.2, 0.25) is 0 Å². The highest BCUT2D eigenvalue weighted by Gasteiger charge is 2.28. The molecule has 180 valence electrons. The number of imidazole rings is 1. The van der Waals surface area contributed by atoms with E-state index in [2.05, 4.69) is 20.3 Å². The maximum absolute atomic E-state index is 15.1. The molecule has 2 amide bonds. The van der Waals surface area contributed by atoms with E-state index < -0.39 is 23.5 Å². The van der Waals surface area contributed by atoms with Gasteiger partial charge in [-0.1, -0.05) is 6.07 Å². The van der Waals surface area contributed by atoms with Gasteiger partial charge >= 0.3 is 0 Å². The van der Waals surface area contributed by atoms with E-state index in [0.29, 0.717) is 17.0 Å².